The molecule has 0 aliphatic carbocycles. The van der Waals surface area contributed by atoms with Crippen molar-refractivity contribution in [2.24, 2.45) is 0 Å². The Bertz CT molecular complexity index is 480. The van der Waals surface area contributed by atoms with E-state index in [0.29, 0.717) is 0 Å². The average molecular weight is 205 g/mol. The topological polar surface area (TPSA) is 45.2 Å². The van der Waals surface area contributed by atoms with Crippen LogP contribution in [0.2, 0.25) is 0 Å². The van der Waals surface area contributed by atoms with Crippen molar-refractivity contribution in [1.82, 2.24) is 4.98 Å². The zero-order chi connectivity index (χ0) is 11.1. The van der Waals surface area contributed by atoms with Crippen LogP contribution in [0.1, 0.15) is 19.4 Å². The summed E-state index contributed by atoms with van der Waals surface area (Å²) in [5.74, 6) is 0.783. The van der Waals surface area contributed by atoms with Gasteiger partial charge in [0.05, 0.1) is 12.7 Å². The maximum absolute atomic E-state index is 10.0. The number of benzene rings is 1. The largest absolute Gasteiger partial charge is 0.496 e. The minimum absolute atomic E-state index is 0.783. The van der Waals surface area contributed by atoms with Crippen LogP contribution in [0, 0.1) is 0 Å². The Morgan fingerprint density at radius 2 is 2.07 bits per heavy atom. The molecule has 0 radical (unpaired) electrons. The van der Waals surface area contributed by atoms with Gasteiger partial charge < -0.3 is 14.8 Å². The molecule has 2 aromatic rings. The van der Waals surface area contributed by atoms with Crippen molar-refractivity contribution in [2.45, 2.75) is 19.4 Å². The number of aromatic nitrogens is 1. The summed E-state index contributed by atoms with van der Waals surface area (Å²) in [6, 6.07) is 5.78. The van der Waals surface area contributed by atoms with Crippen LogP contribution >= 0.6 is 0 Å². The second-order valence-electron chi connectivity index (χ2n) is 4.14. The fourth-order valence-corrected chi connectivity index (χ4v) is 1.80. The molecule has 0 aliphatic heterocycles. The number of fused-ring (bicyclic) bond motifs is 1. The van der Waals surface area contributed by atoms with E-state index in [-0.39, 0.29) is 0 Å². The molecule has 2 rings (SSSR count). The lowest BCUT2D eigenvalue weighted by Crippen LogP contribution is -2.14. The first kappa shape index (κ1) is 10.1. The van der Waals surface area contributed by atoms with Gasteiger partial charge in [-0.15, -0.1) is 0 Å². The quantitative estimate of drug-likeness (QED) is 0.790. The first-order valence-corrected chi connectivity index (χ1v) is 4.91. The summed E-state index contributed by atoms with van der Waals surface area (Å²) < 4.78 is 5.29. The Morgan fingerprint density at radius 1 is 1.33 bits per heavy atom. The maximum atomic E-state index is 10.0. The van der Waals surface area contributed by atoms with Crippen LogP contribution in [0.3, 0.4) is 0 Å². The lowest BCUT2D eigenvalue weighted by Gasteiger charge is -2.17. The van der Waals surface area contributed by atoms with Crippen LogP contribution in [-0.2, 0) is 5.60 Å². The van der Waals surface area contributed by atoms with Gasteiger partial charge in [-0.05, 0) is 26.0 Å². The molecular weight excluding hydrogens is 190 g/mol. The van der Waals surface area contributed by atoms with E-state index in [9.17, 15) is 5.11 Å². The molecule has 0 saturated heterocycles. The molecule has 0 saturated carbocycles. The van der Waals surface area contributed by atoms with Gasteiger partial charge in [-0.3, -0.25) is 0 Å². The Hall–Kier alpha value is -1.48. The van der Waals surface area contributed by atoms with Gasteiger partial charge in [-0.1, -0.05) is 6.07 Å². The molecule has 0 unspecified atom stereocenters. The molecule has 1 aromatic carbocycles. The van der Waals surface area contributed by atoms with Gasteiger partial charge in [-0.25, -0.2) is 0 Å². The molecule has 2 N–H and O–H groups in total. The number of H-pyrrole nitrogens is 1. The molecule has 0 aliphatic rings. The van der Waals surface area contributed by atoms with Crippen LogP contribution in [0.4, 0.5) is 0 Å². The number of rotatable bonds is 2. The van der Waals surface area contributed by atoms with Gasteiger partial charge in [0.25, 0.3) is 0 Å². The van der Waals surface area contributed by atoms with Gasteiger partial charge in [0.2, 0.25) is 0 Å². The third-order valence-corrected chi connectivity index (χ3v) is 2.55. The predicted octanol–water partition coefficient (Wildman–Crippen LogP) is 2.40. The molecule has 0 atom stereocenters. The summed E-state index contributed by atoms with van der Waals surface area (Å²) in [6.07, 6.45) is 1.83. The first-order chi connectivity index (χ1) is 7.04. The zero-order valence-corrected chi connectivity index (χ0v) is 9.16. The normalized spacial score (nSPS) is 12.0. The number of nitrogens with one attached hydrogen (secondary N) is 1. The second-order valence-corrected chi connectivity index (χ2v) is 4.14. The lowest BCUT2D eigenvalue weighted by atomic mass is 9.97. The van der Waals surface area contributed by atoms with Crippen molar-refractivity contribution in [3.63, 3.8) is 0 Å². The third-order valence-electron chi connectivity index (χ3n) is 2.55. The maximum Gasteiger partial charge on any atom is 0.128 e. The highest BCUT2D eigenvalue weighted by molar-refractivity contribution is 5.90. The van der Waals surface area contributed by atoms with E-state index >= 15 is 0 Å². The van der Waals surface area contributed by atoms with Gasteiger partial charge in [-0.2, -0.15) is 0 Å². The number of aliphatic hydroxyl groups is 1. The Morgan fingerprint density at radius 3 is 2.67 bits per heavy atom. The van der Waals surface area contributed by atoms with Crippen molar-refractivity contribution >= 4 is 10.9 Å². The zero-order valence-electron chi connectivity index (χ0n) is 9.16. The molecular formula is C12H15NO2. The van der Waals surface area contributed by atoms with E-state index in [4.69, 9.17) is 4.74 Å². The molecule has 15 heavy (non-hydrogen) atoms. The number of methoxy groups -OCH3 is 1. The van der Waals surface area contributed by atoms with Crippen molar-refractivity contribution in [1.29, 1.82) is 0 Å². The smallest absolute Gasteiger partial charge is 0.128 e. The van der Waals surface area contributed by atoms with E-state index in [1.807, 2.05) is 24.4 Å². The SMILES string of the molecule is COc1cccc2[nH]cc(C(C)(C)O)c12. The second kappa shape index (κ2) is 3.28. The van der Waals surface area contributed by atoms with E-state index in [1.54, 1.807) is 21.0 Å². The fourth-order valence-electron chi connectivity index (χ4n) is 1.80. The fraction of sp³-hybridized carbons (Fsp3) is 0.333. The minimum Gasteiger partial charge on any atom is -0.496 e. The summed E-state index contributed by atoms with van der Waals surface area (Å²) in [4.78, 5) is 3.13. The van der Waals surface area contributed by atoms with Crippen molar-refractivity contribution < 1.29 is 9.84 Å². The Labute approximate surface area is 88.7 Å². The summed E-state index contributed by atoms with van der Waals surface area (Å²) >= 11 is 0. The van der Waals surface area contributed by atoms with Crippen LogP contribution < -0.4 is 4.74 Å². The highest BCUT2D eigenvalue weighted by Crippen LogP contribution is 2.34. The molecule has 0 spiro atoms. The summed E-state index contributed by atoms with van der Waals surface area (Å²) in [7, 11) is 1.63. The minimum atomic E-state index is -0.868. The van der Waals surface area contributed by atoms with Gasteiger partial charge >= 0.3 is 0 Å². The molecule has 3 nitrogen and oxygen atoms in total. The number of ether oxygens (including phenoxy) is 1. The monoisotopic (exact) mass is 205 g/mol. The third kappa shape index (κ3) is 1.59. The first-order valence-electron chi connectivity index (χ1n) is 4.91. The van der Waals surface area contributed by atoms with Crippen LogP contribution in [0.25, 0.3) is 10.9 Å². The molecule has 3 heteroatoms. The molecule has 0 bridgehead atoms. The Kier molecular flexibility index (Phi) is 2.20. The predicted molar refractivity (Wildman–Crippen MR) is 60.1 cm³/mol. The van der Waals surface area contributed by atoms with E-state index in [1.165, 1.54) is 0 Å². The van der Waals surface area contributed by atoms with Crippen LogP contribution in [0.5, 0.6) is 5.75 Å². The molecule has 0 amide bonds. The van der Waals surface area contributed by atoms with Crippen molar-refractivity contribution in [3.05, 3.63) is 30.0 Å². The molecule has 1 aromatic heterocycles. The molecule has 0 fully saturated rings. The van der Waals surface area contributed by atoms with Crippen molar-refractivity contribution in [2.75, 3.05) is 7.11 Å². The summed E-state index contributed by atoms with van der Waals surface area (Å²) in [6.45, 7) is 3.53. The molecule has 1 heterocycles. The standard InChI is InChI=1S/C12H15NO2/c1-12(2,14)8-7-13-9-5-4-6-10(15-3)11(8)9/h4-7,13-14H,1-3H3. The van der Waals surface area contributed by atoms with Crippen LogP contribution in [-0.4, -0.2) is 17.2 Å². The summed E-state index contributed by atoms with van der Waals surface area (Å²) in [5, 5.41) is 11.0. The number of hydrogen-bond donors (Lipinski definition) is 2. The van der Waals surface area contributed by atoms with E-state index in [2.05, 4.69) is 4.98 Å². The highest BCUT2D eigenvalue weighted by Gasteiger charge is 2.22. The molecule has 80 valence electrons. The van der Waals surface area contributed by atoms with Gasteiger partial charge in [0.1, 0.15) is 5.75 Å². The van der Waals surface area contributed by atoms with Crippen LogP contribution in [0.15, 0.2) is 24.4 Å². The van der Waals surface area contributed by atoms with E-state index in [0.717, 1.165) is 22.2 Å². The number of hydrogen-bond acceptors (Lipinski definition) is 2. The Balaban J connectivity index is 2.77. The lowest BCUT2D eigenvalue weighted by molar-refractivity contribution is 0.0801. The van der Waals surface area contributed by atoms with Gasteiger partial charge in [0, 0.05) is 22.7 Å². The summed E-state index contributed by atoms with van der Waals surface area (Å²) in [5.41, 5.74) is 0.966. The van der Waals surface area contributed by atoms with Crippen molar-refractivity contribution in [3.8, 4) is 5.75 Å². The number of aromatic amines is 1. The average Bonchev–Trinajstić information content (AvgIpc) is 2.59. The van der Waals surface area contributed by atoms with Gasteiger partial charge in [0.15, 0.2) is 0 Å². The van der Waals surface area contributed by atoms with E-state index < -0.39 is 5.60 Å². The highest BCUT2D eigenvalue weighted by atomic mass is 16.5.